The molecule has 8 nitrogen and oxygen atoms in total. The van der Waals surface area contributed by atoms with Gasteiger partial charge in [0.1, 0.15) is 11.5 Å². The predicted molar refractivity (Wildman–Crippen MR) is 125 cm³/mol. The first-order valence-electron chi connectivity index (χ1n) is 10.7. The Balaban J connectivity index is 1.64. The summed E-state index contributed by atoms with van der Waals surface area (Å²) in [7, 11) is -3.61. The van der Waals surface area contributed by atoms with E-state index in [4.69, 9.17) is 15.5 Å². The second-order valence-electron chi connectivity index (χ2n) is 8.07. The molecule has 2 aromatic carbocycles. The summed E-state index contributed by atoms with van der Waals surface area (Å²) < 4.78 is 30.7. The van der Waals surface area contributed by atoms with Crippen molar-refractivity contribution in [1.29, 1.82) is 0 Å². The van der Waals surface area contributed by atoms with Crippen molar-refractivity contribution in [2.75, 3.05) is 25.2 Å². The number of amides is 1. The fourth-order valence-corrected chi connectivity index (χ4v) is 4.78. The van der Waals surface area contributed by atoms with Crippen LogP contribution in [0.5, 0.6) is 0 Å². The van der Waals surface area contributed by atoms with Crippen LogP contribution in [0, 0.1) is 0 Å². The minimum absolute atomic E-state index is 0.0964. The summed E-state index contributed by atoms with van der Waals surface area (Å²) in [6, 6.07) is 13.8. The highest BCUT2D eigenvalue weighted by molar-refractivity contribution is 7.90. The lowest BCUT2D eigenvalue weighted by Gasteiger charge is -2.22. The third-order valence-electron chi connectivity index (χ3n) is 5.65. The van der Waals surface area contributed by atoms with Gasteiger partial charge < -0.3 is 15.8 Å². The van der Waals surface area contributed by atoms with Gasteiger partial charge in [0.25, 0.3) is 5.91 Å². The lowest BCUT2D eigenvalue weighted by Crippen LogP contribution is -2.22. The Morgan fingerprint density at radius 1 is 1.15 bits per heavy atom. The molecule has 1 saturated heterocycles. The topological polar surface area (TPSA) is 124 Å². The summed E-state index contributed by atoms with van der Waals surface area (Å²) in [5.41, 5.74) is 8.82. The molecule has 4 rings (SSSR count). The van der Waals surface area contributed by atoms with E-state index in [-0.39, 0.29) is 29.1 Å². The third-order valence-corrected chi connectivity index (χ3v) is 6.79. The Hall–Kier alpha value is -3.30. The van der Waals surface area contributed by atoms with E-state index in [1.165, 1.54) is 0 Å². The summed E-state index contributed by atoms with van der Waals surface area (Å²) >= 11 is 0. The van der Waals surface area contributed by atoms with Gasteiger partial charge in [-0.1, -0.05) is 30.3 Å². The van der Waals surface area contributed by atoms with Crippen LogP contribution in [-0.4, -0.2) is 43.8 Å². The summed E-state index contributed by atoms with van der Waals surface area (Å²) in [6.45, 7) is 1.49. The van der Waals surface area contributed by atoms with Crippen LogP contribution in [-0.2, 0) is 21.1 Å². The second-order valence-corrected chi connectivity index (χ2v) is 10.1. The van der Waals surface area contributed by atoms with Crippen LogP contribution in [0.15, 0.2) is 59.6 Å². The Labute approximate surface area is 193 Å². The summed E-state index contributed by atoms with van der Waals surface area (Å²) in [6.07, 6.45) is 4.46. The normalized spacial score (nSPS) is 14.7. The summed E-state index contributed by atoms with van der Waals surface area (Å²) in [5.74, 6) is 0.125. The predicted octanol–water partition coefficient (Wildman–Crippen LogP) is 2.95. The molecule has 0 spiro atoms. The SMILES string of the molecule is CS(=O)(=O)c1cc(CNC(=O)c2ccccc2)ccc1-c1nc(C2CCOCC2)cnc1N. The van der Waals surface area contributed by atoms with Crippen LogP contribution in [0.3, 0.4) is 0 Å². The van der Waals surface area contributed by atoms with Crippen molar-refractivity contribution in [3.8, 4) is 11.3 Å². The van der Waals surface area contributed by atoms with E-state index in [1.54, 1.807) is 48.7 Å². The molecule has 0 saturated carbocycles. The number of ether oxygens (including phenoxy) is 1. The maximum absolute atomic E-state index is 12.6. The zero-order valence-electron chi connectivity index (χ0n) is 18.3. The van der Waals surface area contributed by atoms with Crippen molar-refractivity contribution in [1.82, 2.24) is 15.3 Å². The molecule has 1 aliphatic rings. The van der Waals surface area contributed by atoms with E-state index in [2.05, 4.69) is 10.3 Å². The van der Waals surface area contributed by atoms with E-state index in [1.807, 2.05) is 6.07 Å². The second kappa shape index (κ2) is 9.68. The lowest BCUT2D eigenvalue weighted by molar-refractivity contribution is 0.0844. The molecule has 0 unspecified atom stereocenters. The number of rotatable bonds is 6. The van der Waals surface area contributed by atoms with E-state index < -0.39 is 9.84 Å². The van der Waals surface area contributed by atoms with Gasteiger partial charge in [-0.3, -0.25) is 4.79 Å². The fraction of sp³-hybridized carbons (Fsp3) is 0.292. The highest BCUT2D eigenvalue weighted by atomic mass is 32.2. The third kappa shape index (κ3) is 5.37. The molecule has 9 heteroatoms. The molecule has 2 heterocycles. The number of hydrogen-bond acceptors (Lipinski definition) is 7. The number of nitrogens with one attached hydrogen (secondary N) is 1. The number of anilines is 1. The van der Waals surface area contributed by atoms with Gasteiger partial charge in [0.2, 0.25) is 0 Å². The average Bonchev–Trinajstić information content (AvgIpc) is 2.83. The highest BCUT2D eigenvalue weighted by Crippen LogP contribution is 2.33. The minimum Gasteiger partial charge on any atom is -0.382 e. The first-order valence-corrected chi connectivity index (χ1v) is 12.6. The van der Waals surface area contributed by atoms with E-state index in [9.17, 15) is 13.2 Å². The molecule has 0 bridgehead atoms. The average molecular weight is 467 g/mol. The lowest BCUT2D eigenvalue weighted by atomic mass is 9.96. The van der Waals surface area contributed by atoms with E-state index in [0.717, 1.165) is 24.8 Å². The minimum atomic E-state index is -3.61. The molecule has 172 valence electrons. The van der Waals surface area contributed by atoms with Gasteiger partial charge in [0.15, 0.2) is 9.84 Å². The first-order chi connectivity index (χ1) is 15.8. The Morgan fingerprint density at radius 3 is 2.58 bits per heavy atom. The van der Waals surface area contributed by atoms with Gasteiger partial charge in [-0.2, -0.15) is 0 Å². The van der Waals surface area contributed by atoms with Crippen LogP contribution in [0.25, 0.3) is 11.3 Å². The van der Waals surface area contributed by atoms with Gasteiger partial charge in [0.05, 0.1) is 16.8 Å². The smallest absolute Gasteiger partial charge is 0.251 e. The summed E-state index contributed by atoms with van der Waals surface area (Å²) in [4.78, 5) is 21.4. The van der Waals surface area contributed by atoms with Crippen LogP contribution in [0.2, 0.25) is 0 Å². The molecule has 1 aliphatic heterocycles. The van der Waals surface area contributed by atoms with Crippen molar-refractivity contribution < 1.29 is 17.9 Å². The fourth-order valence-electron chi connectivity index (χ4n) is 3.85. The van der Waals surface area contributed by atoms with Gasteiger partial charge in [0, 0.05) is 43.1 Å². The number of hydrogen-bond donors (Lipinski definition) is 2. The van der Waals surface area contributed by atoms with Crippen molar-refractivity contribution in [3.05, 3.63) is 71.5 Å². The van der Waals surface area contributed by atoms with Crippen LogP contribution >= 0.6 is 0 Å². The molecule has 3 aromatic rings. The number of nitrogens with two attached hydrogens (primary N) is 1. The van der Waals surface area contributed by atoms with E-state index in [0.29, 0.717) is 35.6 Å². The molecule has 0 radical (unpaired) electrons. The zero-order valence-corrected chi connectivity index (χ0v) is 19.1. The van der Waals surface area contributed by atoms with E-state index >= 15 is 0 Å². The van der Waals surface area contributed by atoms with Crippen LogP contribution in [0.4, 0.5) is 5.82 Å². The Morgan fingerprint density at radius 2 is 1.88 bits per heavy atom. The molecule has 3 N–H and O–H groups in total. The van der Waals surface area contributed by atoms with Gasteiger partial charge >= 0.3 is 0 Å². The molecule has 33 heavy (non-hydrogen) atoms. The molecule has 1 aromatic heterocycles. The maximum atomic E-state index is 12.6. The number of carbonyl (C=O) groups excluding carboxylic acids is 1. The zero-order chi connectivity index (χ0) is 23.4. The number of carbonyl (C=O) groups is 1. The van der Waals surface area contributed by atoms with Crippen molar-refractivity contribution in [2.24, 2.45) is 0 Å². The molecule has 0 atom stereocenters. The molecule has 0 aliphatic carbocycles. The van der Waals surface area contributed by atoms with Crippen molar-refractivity contribution in [3.63, 3.8) is 0 Å². The Kier molecular flexibility index (Phi) is 6.71. The number of benzene rings is 2. The largest absolute Gasteiger partial charge is 0.382 e. The maximum Gasteiger partial charge on any atom is 0.251 e. The monoisotopic (exact) mass is 466 g/mol. The highest BCUT2D eigenvalue weighted by Gasteiger charge is 2.23. The van der Waals surface area contributed by atoms with Crippen molar-refractivity contribution >= 4 is 21.6 Å². The Bertz CT molecular complexity index is 1260. The number of aromatic nitrogens is 2. The van der Waals surface area contributed by atoms with Gasteiger partial charge in [-0.15, -0.1) is 0 Å². The number of nitrogen functional groups attached to an aromatic ring is 1. The molecular weight excluding hydrogens is 440 g/mol. The van der Waals surface area contributed by atoms with Gasteiger partial charge in [-0.05, 0) is 36.6 Å². The quantitative estimate of drug-likeness (QED) is 0.572. The standard InChI is InChI=1S/C24H26N4O4S/c1-33(30,31)21-13-16(14-27-24(29)18-5-3-2-4-6-18)7-8-19(21)22-23(25)26-15-20(28-22)17-9-11-32-12-10-17/h2-8,13,15,17H,9-12,14H2,1H3,(H2,25,26)(H,27,29). The molecular formula is C24H26N4O4S. The molecule has 1 amide bonds. The first kappa shape index (κ1) is 22.9. The summed E-state index contributed by atoms with van der Waals surface area (Å²) in [5, 5.41) is 2.82. The van der Waals surface area contributed by atoms with Crippen LogP contribution < -0.4 is 11.1 Å². The van der Waals surface area contributed by atoms with Gasteiger partial charge in [-0.25, -0.2) is 18.4 Å². The number of sulfone groups is 1. The number of nitrogens with zero attached hydrogens (tertiary/aromatic N) is 2. The van der Waals surface area contributed by atoms with Crippen molar-refractivity contribution in [2.45, 2.75) is 30.2 Å². The van der Waals surface area contributed by atoms with Crippen LogP contribution in [0.1, 0.15) is 40.4 Å². The molecule has 1 fully saturated rings.